The van der Waals surface area contributed by atoms with Gasteiger partial charge in [0.05, 0.1) is 0 Å². The maximum absolute atomic E-state index is 13.3. The normalized spacial score (nSPS) is 25.3. The lowest BCUT2D eigenvalue weighted by Crippen LogP contribution is -2.64. The number of rotatable bonds is 7. The molecule has 1 aromatic heterocycles. The molecule has 12 nitrogen and oxygen atoms in total. The van der Waals surface area contributed by atoms with Crippen molar-refractivity contribution < 1.29 is 51.3 Å². The van der Waals surface area contributed by atoms with Crippen LogP contribution in [-0.2, 0) is 52.7 Å². The van der Waals surface area contributed by atoms with Crippen LogP contribution < -0.4 is 0 Å². The minimum Gasteiger partial charge on any atom is -0.463 e. The molecule has 0 bridgehead atoms. The van der Waals surface area contributed by atoms with E-state index in [0.29, 0.717) is 0 Å². The van der Waals surface area contributed by atoms with Crippen molar-refractivity contribution in [1.82, 2.24) is 4.98 Å². The second-order valence-electron chi connectivity index (χ2n) is 6.78. The maximum atomic E-state index is 13.3. The Balaban J connectivity index is 2.61. The number of hydrogen-bond acceptors (Lipinski definition) is 12. The van der Waals surface area contributed by atoms with Crippen molar-refractivity contribution in [2.45, 2.75) is 62.6 Å². The largest absolute Gasteiger partial charge is 0.463 e. The molecular formula is C19H23NO11S. The molecular weight excluding hydrogens is 450 g/mol. The Labute approximate surface area is 184 Å². The van der Waals surface area contributed by atoms with Crippen molar-refractivity contribution >= 4 is 33.7 Å². The standard InChI is InChI=1S/C19H23NO11S/c1-10(21)27-9-14-16(28-11(2)22)17(29-12(3)23)18(30-13(4)24)19(31-14)32(25,26)15-7-5-6-8-20-15/h5-8,14,16-19H,9H2,1-4H3/t14-,16+,17+,18-,19+/m1/s1. The van der Waals surface area contributed by atoms with Gasteiger partial charge in [-0.1, -0.05) is 6.07 Å². The number of carbonyl (C=O) groups excluding carboxylic acids is 4. The van der Waals surface area contributed by atoms with Gasteiger partial charge in [-0.05, 0) is 12.1 Å². The number of hydrogen-bond donors (Lipinski definition) is 0. The highest BCUT2D eigenvalue weighted by molar-refractivity contribution is 7.91. The molecule has 1 aliphatic rings. The van der Waals surface area contributed by atoms with Gasteiger partial charge in [-0.3, -0.25) is 19.2 Å². The van der Waals surface area contributed by atoms with Gasteiger partial charge >= 0.3 is 23.9 Å². The van der Waals surface area contributed by atoms with Crippen LogP contribution in [0, 0.1) is 0 Å². The van der Waals surface area contributed by atoms with E-state index in [1.54, 1.807) is 0 Å². The number of aromatic nitrogens is 1. The van der Waals surface area contributed by atoms with E-state index in [0.717, 1.165) is 27.7 Å². The van der Waals surface area contributed by atoms with E-state index in [-0.39, 0.29) is 0 Å². The SMILES string of the molecule is CC(=O)OC[C@H]1O[C@@H](S(=O)(=O)c2ccccn2)[C@H](OC(C)=O)[C@@H](OC(C)=O)[C@H]1OC(C)=O. The first-order valence-corrected chi connectivity index (χ1v) is 10.9. The molecule has 32 heavy (non-hydrogen) atoms. The van der Waals surface area contributed by atoms with Crippen molar-refractivity contribution in [3.8, 4) is 0 Å². The number of pyridine rings is 1. The number of nitrogens with zero attached hydrogens (tertiary/aromatic N) is 1. The number of esters is 4. The summed E-state index contributed by atoms with van der Waals surface area (Å²) in [5.41, 5.74) is -1.92. The van der Waals surface area contributed by atoms with E-state index in [4.69, 9.17) is 23.7 Å². The fourth-order valence-electron chi connectivity index (χ4n) is 3.07. The van der Waals surface area contributed by atoms with Crippen molar-refractivity contribution in [1.29, 1.82) is 0 Å². The fraction of sp³-hybridized carbons (Fsp3) is 0.526. The van der Waals surface area contributed by atoms with Gasteiger partial charge in [0.15, 0.2) is 23.3 Å². The van der Waals surface area contributed by atoms with Gasteiger partial charge in [0.25, 0.3) is 0 Å². The van der Waals surface area contributed by atoms with Crippen LogP contribution in [0.4, 0.5) is 0 Å². The van der Waals surface area contributed by atoms with E-state index in [1.165, 1.54) is 24.4 Å². The Bertz CT molecular complexity index is 963. The van der Waals surface area contributed by atoms with Crippen LogP contribution in [0.1, 0.15) is 27.7 Å². The van der Waals surface area contributed by atoms with Crippen LogP contribution in [-0.4, -0.2) is 73.7 Å². The number of ether oxygens (including phenoxy) is 5. The summed E-state index contributed by atoms with van der Waals surface area (Å²) in [6.45, 7) is 3.68. The zero-order valence-corrected chi connectivity index (χ0v) is 18.6. The Kier molecular flexibility index (Phi) is 8.27. The molecule has 1 aromatic rings. The minimum atomic E-state index is -4.43. The van der Waals surface area contributed by atoms with E-state index < -0.39 is 75.2 Å². The summed E-state index contributed by atoms with van der Waals surface area (Å²) in [5.74, 6) is -3.31. The molecule has 0 aromatic carbocycles. The zero-order chi connectivity index (χ0) is 24.1. The topological polar surface area (TPSA) is 161 Å². The van der Waals surface area contributed by atoms with Crippen LogP contribution in [0.2, 0.25) is 0 Å². The van der Waals surface area contributed by atoms with E-state index in [2.05, 4.69) is 4.98 Å². The molecule has 0 aliphatic carbocycles. The molecule has 176 valence electrons. The molecule has 1 saturated heterocycles. The third-order valence-electron chi connectivity index (χ3n) is 4.18. The Morgan fingerprint density at radius 2 is 1.44 bits per heavy atom. The van der Waals surface area contributed by atoms with Crippen molar-refractivity contribution in [2.24, 2.45) is 0 Å². The van der Waals surface area contributed by atoms with Crippen LogP contribution in [0.5, 0.6) is 0 Å². The summed E-state index contributed by atoms with van der Waals surface area (Å²) in [5, 5.41) is -0.402. The molecule has 0 radical (unpaired) electrons. The van der Waals surface area contributed by atoms with Crippen molar-refractivity contribution in [3.63, 3.8) is 0 Å². The summed E-state index contributed by atoms with van der Waals surface area (Å²) < 4.78 is 52.7. The molecule has 5 atom stereocenters. The summed E-state index contributed by atoms with van der Waals surface area (Å²) in [6, 6.07) is 4.11. The lowest BCUT2D eigenvalue weighted by atomic mass is 9.99. The molecule has 0 spiro atoms. The smallest absolute Gasteiger partial charge is 0.303 e. The van der Waals surface area contributed by atoms with E-state index in [9.17, 15) is 27.6 Å². The summed E-state index contributed by atoms with van der Waals surface area (Å²) in [6.07, 6.45) is -4.89. The second kappa shape index (κ2) is 10.5. The van der Waals surface area contributed by atoms with Gasteiger partial charge in [0.1, 0.15) is 12.7 Å². The lowest BCUT2D eigenvalue weighted by Gasteiger charge is -2.43. The summed E-state index contributed by atoms with van der Waals surface area (Å²) >= 11 is 0. The lowest BCUT2D eigenvalue weighted by molar-refractivity contribution is -0.238. The van der Waals surface area contributed by atoms with Crippen LogP contribution in [0.15, 0.2) is 29.4 Å². The monoisotopic (exact) mass is 473 g/mol. The summed E-state index contributed by atoms with van der Waals surface area (Å²) in [4.78, 5) is 50.4. The second-order valence-corrected chi connectivity index (χ2v) is 8.75. The van der Waals surface area contributed by atoms with Gasteiger partial charge < -0.3 is 23.7 Å². The van der Waals surface area contributed by atoms with E-state index >= 15 is 0 Å². The van der Waals surface area contributed by atoms with Gasteiger partial charge in [0, 0.05) is 33.9 Å². The van der Waals surface area contributed by atoms with Gasteiger partial charge in [0.2, 0.25) is 15.3 Å². The predicted octanol–water partition coefficient (Wildman–Crippen LogP) is -0.0616. The predicted molar refractivity (Wildman–Crippen MR) is 103 cm³/mol. The van der Waals surface area contributed by atoms with Gasteiger partial charge in [-0.25, -0.2) is 13.4 Å². The molecule has 0 unspecified atom stereocenters. The highest BCUT2D eigenvalue weighted by Crippen LogP contribution is 2.33. The molecule has 0 N–H and O–H groups in total. The van der Waals surface area contributed by atoms with Gasteiger partial charge in [-0.15, -0.1) is 0 Å². The molecule has 1 aliphatic heterocycles. The zero-order valence-electron chi connectivity index (χ0n) is 17.7. The third-order valence-corrected chi connectivity index (χ3v) is 6.00. The Morgan fingerprint density at radius 1 is 0.875 bits per heavy atom. The molecule has 2 heterocycles. The van der Waals surface area contributed by atoms with Crippen LogP contribution >= 0.6 is 0 Å². The molecule has 2 rings (SSSR count). The third kappa shape index (κ3) is 6.23. The average molecular weight is 473 g/mol. The Hall–Kier alpha value is -3.06. The Morgan fingerprint density at radius 3 is 1.94 bits per heavy atom. The highest BCUT2D eigenvalue weighted by atomic mass is 32.2. The van der Waals surface area contributed by atoms with Crippen LogP contribution in [0.25, 0.3) is 0 Å². The molecule has 1 fully saturated rings. The number of carbonyl (C=O) groups is 4. The molecule has 0 saturated carbocycles. The number of sulfone groups is 1. The first-order valence-electron chi connectivity index (χ1n) is 9.39. The fourth-order valence-corrected chi connectivity index (χ4v) is 4.64. The minimum absolute atomic E-state index is 0.402. The van der Waals surface area contributed by atoms with Crippen molar-refractivity contribution in [3.05, 3.63) is 24.4 Å². The van der Waals surface area contributed by atoms with Crippen LogP contribution in [0.3, 0.4) is 0 Å². The van der Waals surface area contributed by atoms with E-state index in [1.807, 2.05) is 0 Å². The molecule has 13 heteroatoms. The summed E-state index contributed by atoms with van der Waals surface area (Å²) in [7, 11) is -4.43. The maximum Gasteiger partial charge on any atom is 0.303 e. The quantitative estimate of drug-likeness (QED) is 0.384. The first-order chi connectivity index (χ1) is 14.9. The van der Waals surface area contributed by atoms with Gasteiger partial charge in [-0.2, -0.15) is 0 Å². The van der Waals surface area contributed by atoms with Crippen molar-refractivity contribution in [2.75, 3.05) is 6.61 Å². The average Bonchev–Trinajstić information content (AvgIpc) is 2.69. The molecule has 0 amide bonds. The first kappa shape index (κ1) is 25.2. The highest BCUT2D eigenvalue weighted by Gasteiger charge is 2.56.